The zero-order valence-electron chi connectivity index (χ0n) is 23.5. The molecule has 2 amide bonds. The number of hydrogen-bond acceptors (Lipinski definition) is 10. The van der Waals surface area contributed by atoms with Gasteiger partial charge in [0.1, 0.15) is 0 Å². The average molecular weight is 604 g/mol. The quantitative estimate of drug-likeness (QED) is 0.205. The van der Waals surface area contributed by atoms with E-state index in [-0.39, 0.29) is 49.7 Å². The van der Waals surface area contributed by atoms with Crippen LogP contribution >= 0.6 is 11.8 Å². The number of anilines is 2. The Morgan fingerprint density at radius 2 is 1.60 bits per heavy atom. The number of benzene rings is 3. The molecule has 0 fully saturated rings. The molecule has 2 aliphatic rings. The van der Waals surface area contributed by atoms with Crippen LogP contribution in [0.3, 0.4) is 0 Å². The fourth-order valence-corrected chi connectivity index (χ4v) is 5.45. The van der Waals surface area contributed by atoms with E-state index in [0.29, 0.717) is 51.3 Å². The smallest absolute Gasteiger partial charge is 0.262 e. The Morgan fingerprint density at radius 3 is 2.35 bits per heavy atom. The van der Waals surface area contributed by atoms with Crippen LogP contribution in [0.1, 0.15) is 12.0 Å². The van der Waals surface area contributed by atoms with Gasteiger partial charge in [-0.1, -0.05) is 17.8 Å². The highest BCUT2D eigenvalue weighted by Gasteiger charge is 2.20. The van der Waals surface area contributed by atoms with Crippen LogP contribution in [-0.4, -0.2) is 54.8 Å². The van der Waals surface area contributed by atoms with Crippen LogP contribution in [0, 0.1) is 0 Å². The van der Waals surface area contributed by atoms with Gasteiger partial charge in [0, 0.05) is 51.0 Å². The number of thioether (sulfide) groups is 1. The number of rotatable bonds is 10. The number of fused-ring (bicyclic) bond motifs is 3. The van der Waals surface area contributed by atoms with Crippen molar-refractivity contribution in [2.45, 2.75) is 24.7 Å². The van der Waals surface area contributed by atoms with E-state index in [4.69, 9.17) is 18.9 Å². The van der Waals surface area contributed by atoms with Crippen molar-refractivity contribution in [1.82, 2.24) is 14.9 Å². The van der Waals surface area contributed by atoms with Gasteiger partial charge in [0.15, 0.2) is 28.2 Å². The Morgan fingerprint density at radius 1 is 0.907 bits per heavy atom. The molecule has 3 heterocycles. The lowest BCUT2D eigenvalue weighted by molar-refractivity contribution is -0.121. The molecule has 43 heavy (non-hydrogen) atoms. The Balaban J connectivity index is 1.16. The van der Waals surface area contributed by atoms with Gasteiger partial charge < -0.3 is 34.5 Å². The van der Waals surface area contributed by atoms with Gasteiger partial charge in [-0.3, -0.25) is 19.0 Å². The Kier molecular flexibility index (Phi) is 7.97. The summed E-state index contributed by atoms with van der Waals surface area (Å²) in [7, 11) is 3.88. The van der Waals surface area contributed by atoms with Crippen molar-refractivity contribution in [3.05, 3.63) is 70.5 Å². The van der Waals surface area contributed by atoms with Crippen LogP contribution < -0.4 is 40.0 Å². The predicted molar refractivity (Wildman–Crippen MR) is 161 cm³/mol. The molecule has 0 atom stereocenters. The SMILES string of the molecule is CN(C)c1ccc(NC(=O)CSc2nc3cc4c(cc3c(=O)n2CCC(=O)NCc2ccc3c(c2)OCO3)OCO4)cc1. The summed E-state index contributed by atoms with van der Waals surface area (Å²) in [5.41, 5.74) is 2.61. The molecule has 0 unspecified atom stereocenters. The standard InChI is InChI=1S/C30H29N5O7S/c1-34(2)20-6-4-19(5-7-20)32-28(37)15-43-30-33-22-13-26-25(41-17-42-26)12-21(22)29(38)35(30)10-9-27(36)31-14-18-3-8-23-24(11-18)40-16-39-23/h3-8,11-13H,9-10,14-17H2,1-2H3,(H,31,36)(H,32,37). The lowest BCUT2D eigenvalue weighted by atomic mass is 10.2. The Hall–Kier alpha value is -4.91. The number of ether oxygens (including phenoxy) is 4. The van der Waals surface area contributed by atoms with Crippen LogP contribution in [0.5, 0.6) is 23.0 Å². The lowest BCUT2D eigenvalue weighted by Gasteiger charge is -2.14. The minimum atomic E-state index is -0.339. The Labute approximate surface area is 250 Å². The van der Waals surface area contributed by atoms with Crippen molar-refractivity contribution >= 4 is 45.9 Å². The third kappa shape index (κ3) is 6.31. The first-order valence-corrected chi connectivity index (χ1v) is 14.5. The van der Waals surface area contributed by atoms with Gasteiger partial charge >= 0.3 is 0 Å². The summed E-state index contributed by atoms with van der Waals surface area (Å²) in [4.78, 5) is 45.9. The summed E-state index contributed by atoms with van der Waals surface area (Å²) in [6.07, 6.45) is 0.0280. The molecule has 2 N–H and O–H groups in total. The maximum atomic E-state index is 13.6. The molecule has 222 valence electrons. The second-order valence-electron chi connectivity index (χ2n) is 10.1. The fourth-order valence-electron chi connectivity index (χ4n) is 4.62. The van der Waals surface area contributed by atoms with Crippen LogP contribution in [0.25, 0.3) is 10.9 Å². The van der Waals surface area contributed by atoms with E-state index in [9.17, 15) is 14.4 Å². The molecule has 1 aromatic heterocycles. The topological polar surface area (TPSA) is 133 Å². The second kappa shape index (κ2) is 12.1. The van der Waals surface area contributed by atoms with E-state index in [0.717, 1.165) is 23.0 Å². The van der Waals surface area contributed by atoms with E-state index in [1.807, 2.05) is 55.4 Å². The van der Waals surface area contributed by atoms with E-state index in [1.165, 1.54) is 4.57 Å². The van der Waals surface area contributed by atoms with Gasteiger partial charge in [-0.15, -0.1) is 0 Å². The van der Waals surface area contributed by atoms with E-state index < -0.39 is 0 Å². The summed E-state index contributed by atoms with van der Waals surface area (Å²) in [6, 6.07) is 16.2. The molecule has 0 aliphatic carbocycles. The van der Waals surface area contributed by atoms with Gasteiger partial charge in [-0.05, 0) is 48.0 Å². The third-order valence-electron chi connectivity index (χ3n) is 6.90. The van der Waals surface area contributed by atoms with Crippen molar-refractivity contribution in [1.29, 1.82) is 0 Å². The molecule has 0 saturated heterocycles. The largest absolute Gasteiger partial charge is 0.454 e. The molecule has 2 aliphatic heterocycles. The molecular formula is C30H29N5O7S. The fraction of sp³-hybridized carbons (Fsp3) is 0.267. The normalized spacial score (nSPS) is 12.8. The first kappa shape index (κ1) is 28.2. The van der Waals surface area contributed by atoms with Gasteiger partial charge in [-0.25, -0.2) is 4.98 Å². The number of amides is 2. The minimum Gasteiger partial charge on any atom is -0.454 e. The summed E-state index contributed by atoms with van der Waals surface area (Å²) in [5.74, 6) is 1.77. The predicted octanol–water partition coefficient (Wildman–Crippen LogP) is 3.36. The van der Waals surface area contributed by atoms with Crippen LogP contribution in [-0.2, 0) is 22.7 Å². The van der Waals surface area contributed by atoms with Gasteiger partial charge in [0.05, 0.1) is 16.7 Å². The maximum Gasteiger partial charge on any atom is 0.262 e. The van der Waals surface area contributed by atoms with Gasteiger partial charge in [0.25, 0.3) is 5.56 Å². The number of hydrogen-bond donors (Lipinski definition) is 2. The summed E-state index contributed by atoms with van der Waals surface area (Å²) < 4.78 is 23.1. The molecule has 0 bridgehead atoms. The molecule has 4 aromatic rings. The van der Waals surface area contributed by atoms with Gasteiger partial charge in [0.2, 0.25) is 25.4 Å². The molecular weight excluding hydrogens is 574 g/mol. The Bertz CT molecular complexity index is 1760. The van der Waals surface area contributed by atoms with Crippen molar-refractivity contribution < 1.29 is 28.5 Å². The van der Waals surface area contributed by atoms with E-state index in [2.05, 4.69) is 15.6 Å². The zero-order chi connectivity index (χ0) is 29.9. The highest BCUT2D eigenvalue weighted by atomic mass is 32.2. The first-order valence-electron chi connectivity index (χ1n) is 13.5. The molecule has 6 rings (SSSR count). The van der Waals surface area contributed by atoms with E-state index >= 15 is 0 Å². The van der Waals surface area contributed by atoms with Crippen molar-refractivity contribution in [3.63, 3.8) is 0 Å². The van der Waals surface area contributed by atoms with Crippen molar-refractivity contribution in [2.24, 2.45) is 0 Å². The summed E-state index contributed by atoms with van der Waals surface area (Å²) in [5, 5.41) is 6.40. The van der Waals surface area contributed by atoms with Crippen LogP contribution in [0.15, 0.2) is 64.5 Å². The molecule has 0 spiro atoms. The molecule has 0 radical (unpaired) electrons. The monoisotopic (exact) mass is 603 g/mol. The van der Waals surface area contributed by atoms with Crippen molar-refractivity contribution in [2.75, 3.05) is 43.7 Å². The molecule has 12 nitrogen and oxygen atoms in total. The van der Waals surface area contributed by atoms with Crippen molar-refractivity contribution in [3.8, 4) is 23.0 Å². The van der Waals surface area contributed by atoms with Crippen LogP contribution in [0.4, 0.5) is 11.4 Å². The number of nitrogens with zero attached hydrogens (tertiary/aromatic N) is 3. The number of carbonyl (C=O) groups is 2. The maximum absolute atomic E-state index is 13.6. The third-order valence-corrected chi connectivity index (χ3v) is 7.88. The highest BCUT2D eigenvalue weighted by Crippen LogP contribution is 2.35. The number of carbonyl (C=O) groups excluding carboxylic acids is 2. The second-order valence-corrected chi connectivity index (χ2v) is 11.0. The van der Waals surface area contributed by atoms with Crippen LogP contribution in [0.2, 0.25) is 0 Å². The first-order chi connectivity index (χ1) is 20.8. The lowest BCUT2D eigenvalue weighted by Crippen LogP contribution is -2.29. The molecule has 13 heteroatoms. The highest BCUT2D eigenvalue weighted by molar-refractivity contribution is 7.99. The summed E-state index contributed by atoms with van der Waals surface area (Å²) >= 11 is 1.12. The number of nitrogens with one attached hydrogen (secondary N) is 2. The number of aromatic nitrogens is 2. The molecule has 0 saturated carbocycles. The minimum absolute atomic E-state index is 0.00818. The van der Waals surface area contributed by atoms with E-state index in [1.54, 1.807) is 18.2 Å². The average Bonchev–Trinajstić information content (AvgIpc) is 3.67. The zero-order valence-corrected chi connectivity index (χ0v) is 24.4. The van der Waals surface area contributed by atoms with Gasteiger partial charge in [-0.2, -0.15) is 0 Å². The molecule has 3 aromatic carbocycles. The summed E-state index contributed by atoms with van der Waals surface area (Å²) in [6.45, 7) is 0.592.